The molecule has 2 heteroatoms. The molecule has 0 radical (unpaired) electrons. The van der Waals surface area contributed by atoms with E-state index in [-0.39, 0.29) is 5.92 Å². The highest BCUT2D eigenvalue weighted by Gasteiger charge is 2.26. The summed E-state index contributed by atoms with van der Waals surface area (Å²) in [5.41, 5.74) is 3.31. The van der Waals surface area contributed by atoms with Gasteiger partial charge in [0.1, 0.15) is 5.75 Å². The Kier molecular flexibility index (Phi) is 3.55. The van der Waals surface area contributed by atoms with Gasteiger partial charge in [-0.05, 0) is 42.5 Å². The fraction of sp³-hybridized carbons (Fsp3) is 0.278. The monoisotopic (exact) mass is 266 g/mol. The fourth-order valence-electron chi connectivity index (χ4n) is 2.90. The second-order valence-electron chi connectivity index (χ2n) is 5.31. The van der Waals surface area contributed by atoms with Gasteiger partial charge in [0.25, 0.3) is 0 Å². The van der Waals surface area contributed by atoms with Crippen molar-refractivity contribution in [1.82, 2.24) is 0 Å². The minimum Gasteiger partial charge on any atom is -0.497 e. The summed E-state index contributed by atoms with van der Waals surface area (Å²) in [7, 11) is 1.66. The van der Waals surface area contributed by atoms with Crippen molar-refractivity contribution in [2.45, 2.75) is 19.3 Å². The molecule has 0 unspecified atom stereocenters. The van der Waals surface area contributed by atoms with Crippen molar-refractivity contribution in [3.05, 3.63) is 65.2 Å². The molecule has 0 amide bonds. The smallest absolute Gasteiger partial charge is 0.166 e. The molecule has 1 atom stereocenters. The van der Waals surface area contributed by atoms with Crippen LogP contribution in [0.25, 0.3) is 0 Å². The number of carbonyl (C=O) groups is 1. The molecule has 0 saturated carbocycles. The molecule has 2 aromatic carbocycles. The van der Waals surface area contributed by atoms with Crippen LogP contribution in [0.1, 0.15) is 27.9 Å². The highest BCUT2D eigenvalue weighted by atomic mass is 16.5. The van der Waals surface area contributed by atoms with E-state index in [0.29, 0.717) is 5.78 Å². The SMILES string of the molecule is COc1ccc(C[C@@H]2CCc3ccccc3C2=O)cc1. The molecule has 20 heavy (non-hydrogen) atoms. The van der Waals surface area contributed by atoms with E-state index in [1.54, 1.807) is 7.11 Å². The van der Waals surface area contributed by atoms with Gasteiger partial charge in [0.05, 0.1) is 7.11 Å². The summed E-state index contributed by atoms with van der Waals surface area (Å²) < 4.78 is 5.16. The first kappa shape index (κ1) is 12.9. The van der Waals surface area contributed by atoms with Gasteiger partial charge in [0.15, 0.2) is 5.78 Å². The number of hydrogen-bond acceptors (Lipinski definition) is 2. The maximum absolute atomic E-state index is 12.5. The zero-order valence-corrected chi connectivity index (χ0v) is 11.6. The number of benzene rings is 2. The lowest BCUT2D eigenvalue weighted by Crippen LogP contribution is -2.24. The Balaban J connectivity index is 1.77. The van der Waals surface area contributed by atoms with Crippen molar-refractivity contribution in [1.29, 1.82) is 0 Å². The van der Waals surface area contributed by atoms with Gasteiger partial charge in [0, 0.05) is 11.5 Å². The normalized spacial score (nSPS) is 17.6. The minimum absolute atomic E-state index is 0.110. The maximum Gasteiger partial charge on any atom is 0.166 e. The van der Waals surface area contributed by atoms with Crippen LogP contribution < -0.4 is 4.74 Å². The molecule has 102 valence electrons. The van der Waals surface area contributed by atoms with Crippen molar-refractivity contribution in [3.63, 3.8) is 0 Å². The van der Waals surface area contributed by atoms with Gasteiger partial charge in [0.2, 0.25) is 0 Å². The molecule has 0 bridgehead atoms. The average Bonchev–Trinajstić information content (AvgIpc) is 2.51. The largest absolute Gasteiger partial charge is 0.497 e. The molecule has 3 rings (SSSR count). The highest BCUT2D eigenvalue weighted by molar-refractivity contribution is 6.00. The average molecular weight is 266 g/mol. The molecule has 0 heterocycles. The quantitative estimate of drug-likeness (QED) is 0.847. The first-order valence-corrected chi connectivity index (χ1v) is 7.03. The zero-order chi connectivity index (χ0) is 13.9. The number of hydrogen-bond donors (Lipinski definition) is 0. The van der Waals surface area contributed by atoms with Crippen molar-refractivity contribution in [3.8, 4) is 5.75 Å². The van der Waals surface area contributed by atoms with E-state index in [2.05, 4.69) is 6.07 Å². The number of Topliss-reactive ketones (excluding diaryl/α,β-unsaturated/α-hetero) is 1. The number of ketones is 1. The second kappa shape index (κ2) is 5.49. The summed E-state index contributed by atoms with van der Waals surface area (Å²) in [4.78, 5) is 12.5. The zero-order valence-electron chi connectivity index (χ0n) is 11.6. The van der Waals surface area contributed by atoms with Crippen molar-refractivity contribution in [2.24, 2.45) is 5.92 Å². The van der Waals surface area contributed by atoms with Gasteiger partial charge in [-0.3, -0.25) is 4.79 Å². The van der Waals surface area contributed by atoms with Crippen LogP contribution in [0.15, 0.2) is 48.5 Å². The van der Waals surface area contributed by atoms with Crippen LogP contribution in [0.5, 0.6) is 5.75 Å². The van der Waals surface area contributed by atoms with E-state index < -0.39 is 0 Å². The van der Waals surface area contributed by atoms with E-state index in [1.165, 1.54) is 11.1 Å². The lowest BCUT2D eigenvalue weighted by atomic mass is 9.80. The topological polar surface area (TPSA) is 26.3 Å². The van der Waals surface area contributed by atoms with E-state index in [0.717, 1.165) is 30.6 Å². The van der Waals surface area contributed by atoms with Crippen LogP contribution in [0.3, 0.4) is 0 Å². The van der Waals surface area contributed by atoms with Gasteiger partial charge in [-0.1, -0.05) is 36.4 Å². The Morgan fingerprint density at radius 1 is 1.10 bits per heavy atom. The highest BCUT2D eigenvalue weighted by Crippen LogP contribution is 2.28. The Hall–Kier alpha value is -2.09. The summed E-state index contributed by atoms with van der Waals surface area (Å²) in [6, 6.07) is 16.0. The van der Waals surface area contributed by atoms with Gasteiger partial charge in [-0.25, -0.2) is 0 Å². The summed E-state index contributed by atoms with van der Waals surface area (Å²) in [5, 5.41) is 0. The Labute approximate surface area is 119 Å². The summed E-state index contributed by atoms with van der Waals surface area (Å²) in [6.45, 7) is 0. The molecule has 0 N–H and O–H groups in total. The van der Waals surface area contributed by atoms with E-state index in [1.807, 2.05) is 42.5 Å². The number of carbonyl (C=O) groups excluding carboxylic acids is 1. The van der Waals surface area contributed by atoms with Crippen LogP contribution in [0.2, 0.25) is 0 Å². The molecule has 1 aliphatic carbocycles. The Morgan fingerprint density at radius 3 is 2.60 bits per heavy atom. The third kappa shape index (κ3) is 2.46. The number of ether oxygens (including phenoxy) is 1. The molecule has 2 nitrogen and oxygen atoms in total. The molecule has 0 spiro atoms. The molecule has 1 aliphatic rings. The molecule has 0 saturated heterocycles. The number of rotatable bonds is 3. The summed E-state index contributed by atoms with van der Waals surface area (Å²) in [6.07, 6.45) is 2.77. The van der Waals surface area contributed by atoms with Crippen LogP contribution in [0, 0.1) is 5.92 Å². The fourth-order valence-corrected chi connectivity index (χ4v) is 2.90. The molecule has 0 fully saturated rings. The second-order valence-corrected chi connectivity index (χ2v) is 5.31. The van der Waals surface area contributed by atoms with Crippen LogP contribution >= 0.6 is 0 Å². The van der Waals surface area contributed by atoms with Crippen LogP contribution in [0.4, 0.5) is 0 Å². The number of methoxy groups -OCH3 is 1. The first-order chi connectivity index (χ1) is 9.78. The van der Waals surface area contributed by atoms with Gasteiger partial charge < -0.3 is 4.74 Å². The third-order valence-electron chi connectivity index (χ3n) is 4.06. The first-order valence-electron chi connectivity index (χ1n) is 7.03. The lowest BCUT2D eigenvalue weighted by molar-refractivity contribution is 0.0901. The van der Waals surface area contributed by atoms with E-state index >= 15 is 0 Å². The van der Waals surface area contributed by atoms with E-state index in [9.17, 15) is 4.79 Å². The Morgan fingerprint density at radius 2 is 1.85 bits per heavy atom. The summed E-state index contributed by atoms with van der Waals surface area (Å²) in [5.74, 6) is 1.26. The summed E-state index contributed by atoms with van der Waals surface area (Å²) >= 11 is 0. The molecular weight excluding hydrogens is 248 g/mol. The minimum atomic E-state index is 0.110. The predicted molar refractivity (Wildman–Crippen MR) is 79.3 cm³/mol. The van der Waals surface area contributed by atoms with Gasteiger partial charge >= 0.3 is 0 Å². The van der Waals surface area contributed by atoms with Gasteiger partial charge in [-0.15, -0.1) is 0 Å². The van der Waals surface area contributed by atoms with Crippen molar-refractivity contribution < 1.29 is 9.53 Å². The molecule has 0 aromatic heterocycles. The number of aryl methyl sites for hydroxylation is 1. The van der Waals surface area contributed by atoms with Gasteiger partial charge in [-0.2, -0.15) is 0 Å². The molecule has 2 aromatic rings. The lowest BCUT2D eigenvalue weighted by Gasteiger charge is -2.23. The van der Waals surface area contributed by atoms with Crippen LogP contribution in [-0.4, -0.2) is 12.9 Å². The predicted octanol–water partition coefficient (Wildman–Crippen LogP) is 3.68. The Bertz CT molecular complexity index is 614. The van der Waals surface area contributed by atoms with Crippen molar-refractivity contribution in [2.75, 3.05) is 7.11 Å². The third-order valence-corrected chi connectivity index (χ3v) is 4.06. The van der Waals surface area contributed by atoms with Crippen LogP contribution in [-0.2, 0) is 12.8 Å². The van der Waals surface area contributed by atoms with Crippen molar-refractivity contribution >= 4 is 5.78 Å². The molecule has 0 aliphatic heterocycles. The number of fused-ring (bicyclic) bond motifs is 1. The standard InChI is InChI=1S/C18H18O2/c1-20-16-10-6-13(7-11-16)12-15-9-8-14-4-2-3-5-17(14)18(15)19/h2-7,10-11,15H,8-9,12H2,1H3/t15-/m0/s1. The van der Waals surface area contributed by atoms with E-state index in [4.69, 9.17) is 4.74 Å². The molecular formula is C18H18O2. The maximum atomic E-state index is 12.5.